The largest absolute Gasteiger partial charge is 0.383 e. The van der Waals surface area contributed by atoms with Crippen molar-refractivity contribution < 1.29 is 4.79 Å². The van der Waals surface area contributed by atoms with Crippen molar-refractivity contribution in [2.24, 2.45) is 11.5 Å². The lowest BCUT2D eigenvalue weighted by molar-refractivity contribution is 0.0995. The van der Waals surface area contributed by atoms with E-state index in [0.29, 0.717) is 6.54 Å². The number of primary amides is 1. The van der Waals surface area contributed by atoms with E-state index in [4.69, 9.17) is 11.5 Å². The minimum atomic E-state index is -0.545. The fraction of sp³-hybridized carbons (Fsp3) is 0.143. The number of nitrogens with one attached hydrogen (secondary N) is 1. The van der Waals surface area contributed by atoms with Gasteiger partial charge in [0.05, 0.1) is 0 Å². The van der Waals surface area contributed by atoms with Crippen LogP contribution >= 0.6 is 0 Å². The second-order valence-electron chi connectivity index (χ2n) is 4.19. The van der Waals surface area contributed by atoms with Crippen LogP contribution in [0.25, 0.3) is 0 Å². The van der Waals surface area contributed by atoms with E-state index in [1.165, 1.54) is 6.20 Å². The van der Waals surface area contributed by atoms with Gasteiger partial charge in [-0.15, -0.1) is 0 Å². The van der Waals surface area contributed by atoms with Gasteiger partial charge in [0.1, 0.15) is 5.69 Å². The minimum Gasteiger partial charge on any atom is -0.383 e. The first kappa shape index (κ1) is 13.0. The quantitative estimate of drug-likeness (QED) is 0.751. The summed E-state index contributed by atoms with van der Waals surface area (Å²) >= 11 is 0. The molecule has 1 atom stereocenters. The maximum Gasteiger partial charge on any atom is 0.267 e. The molecule has 1 aromatic carbocycles. The van der Waals surface area contributed by atoms with Gasteiger partial charge in [-0.05, 0) is 17.7 Å². The third-order valence-electron chi connectivity index (χ3n) is 2.77. The van der Waals surface area contributed by atoms with Crippen molar-refractivity contribution >= 4 is 11.6 Å². The number of carbonyl (C=O) groups is 1. The topological polar surface area (TPSA) is 94.0 Å². The van der Waals surface area contributed by atoms with Crippen LogP contribution in [-0.4, -0.2) is 17.4 Å². The van der Waals surface area contributed by atoms with Crippen molar-refractivity contribution in [2.45, 2.75) is 6.04 Å². The Hall–Kier alpha value is -2.40. The molecule has 0 spiro atoms. The highest BCUT2D eigenvalue weighted by atomic mass is 16.1. The van der Waals surface area contributed by atoms with Crippen molar-refractivity contribution in [3.63, 3.8) is 0 Å². The number of carbonyl (C=O) groups excluding carboxylic acids is 1. The highest BCUT2D eigenvalue weighted by Gasteiger charge is 2.06. The van der Waals surface area contributed by atoms with Crippen molar-refractivity contribution in [3.05, 3.63) is 59.9 Å². The van der Waals surface area contributed by atoms with E-state index >= 15 is 0 Å². The van der Waals surface area contributed by atoms with Gasteiger partial charge in [0.15, 0.2) is 0 Å². The standard InChI is InChI=1S/C14H16N4O/c15-12(10-4-2-1-3-5-10)9-18-11-6-7-17-13(8-11)14(16)19/h1-8,12H,9,15H2,(H2,16,19)(H,17,18). The zero-order valence-corrected chi connectivity index (χ0v) is 10.4. The highest BCUT2D eigenvalue weighted by molar-refractivity contribution is 5.91. The number of hydrogen-bond donors (Lipinski definition) is 3. The van der Waals surface area contributed by atoms with Crippen LogP contribution in [-0.2, 0) is 0 Å². The Morgan fingerprint density at radius 1 is 1.26 bits per heavy atom. The molecule has 2 aromatic rings. The number of pyridine rings is 1. The Balaban J connectivity index is 1.99. The number of aromatic nitrogens is 1. The average Bonchev–Trinajstić information content (AvgIpc) is 2.46. The van der Waals surface area contributed by atoms with Gasteiger partial charge in [0, 0.05) is 24.5 Å². The summed E-state index contributed by atoms with van der Waals surface area (Å²) in [7, 11) is 0. The molecule has 98 valence electrons. The number of benzene rings is 1. The van der Waals surface area contributed by atoms with Crippen molar-refractivity contribution in [1.29, 1.82) is 0 Å². The van der Waals surface area contributed by atoms with E-state index in [0.717, 1.165) is 11.3 Å². The molecule has 5 N–H and O–H groups in total. The molecule has 0 radical (unpaired) electrons. The van der Waals surface area contributed by atoms with E-state index < -0.39 is 5.91 Å². The van der Waals surface area contributed by atoms with Crippen LogP contribution in [0.4, 0.5) is 5.69 Å². The van der Waals surface area contributed by atoms with Crippen LogP contribution in [0.3, 0.4) is 0 Å². The first-order valence-corrected chi connectivity index (χ1v) is 5.97. The molecule has 0 aliphatic rings. The molecule has 5 heteroatoms. The summed E-state index contributed by atoms with van der Waals surface area (Å²) < 4.78 is 0. The lowest BCUT2D eigenvalue weighted by atomic mass is 10.1. The summed E-state index contributed by atoms with van der Waals surface area (Å²) in [6.45, 7) is 0.562. The van der Waals surface area contributed by atoms with Gasteiger partial charge >= 0.3 is 0 Å². The maximum absolute atomic E-state index is 11.0. The summed E-state index contributed by atoms with van der Waals surface area (Å²) in [6.07, 6.45) is 1.54. The van der Waals surface area contributed by atoms with Gasteiger partial charge in [0.25, 0.3) is 5.91 Å². The number of anilines is 1. The number of nitrogens with zero attached hydrogens (tertiary/aromatic N) is 1. The lowest BCUT2D eigenvalue weighted by Crippen LogP contribution is -2.21. The Morgan fingerprint density at radius 2 is 2.00 bits per heavy atom. The molecule has 0 bridgehead atoms. The molecule has 5 nitrogen and oxygen atoms in total. The normalized spacial score (nSPS) is 11.8. The van der Waals surface area contributed by atoms with Crippen molar-refractivity contribution in [1.82, 2.24) is 4.98 Å². The molecule has 2 rings (SSSR count). The molecular weight excluding hydrogens is 240 g/mol. The van der Waals surface area contributed by atoms with Gasteiger partial charge in [-0.2, -0.15) is 0 Å². The van der Waals surface area contributed by atoms with E-state index in [9.17, 15) is 4.79 Å². The first-order valence-electron chi connectivity index (χ1n) is 5.97. The Kier molecular flexibility index (Phi) is 4.10. The fourth-order valence-electron chi connectivity index (χ4n) is 1.72. The van der Waals surface area contributed by atoms with Crippen molar-refractivity contribution in [3.8, 4) is 0 Å². The van der Waals surface area contributed by atoms with Crippen LogP contribution in [0.1, 0.15) is 22.1 Å². The van der Waals surface area contributed by atoms with Gasteiger partial charge in [-0.3, -0.25) is 9.78 Å². The monoisotopic (exact) mass is 256 g/mol. The predicted octanol–water partition coefficient (Wildman–Crippen LogP) is 1.29. The zero-order valence-electron chi connectivity index (χ0n) is 10.4. The van der Waals surface area contributed by atoms with Gasteiger partial charge < -0.3 is 16.8 Å². The van der Waals surface area contributed by atoms with Gasteiger partial charge in [0.2, 0.25) is 0 Å². The second-order valence-corrected chi connectivity index (χ2v) is 4.19. The molecular formula is C14H16N4O. The Bertz CT molecular complexity index is 556. The molecule has 1 aromatic heterocycles. The van der Waals surface area contributed by atoms with Crippen LogP contribution < -0.4 is 16.8 Å². The molecule has 1 unspecified atom stereocenters. The van der Waals surface area contributed by atoms with E-state index in [1.54, 1.807) is 12.1 Å². The Morgan fingerprint density at radius 3 is 2.68 bits per heavy atom. The van der Waals surface area contributed by atoms with E-state index in [1.807, 2.05) is 30.3 Å². The smallest absolute Gasteiger partial charge is 0.267 e. The first-order chi connectivity index (χ1) is 9.16. The summed E-state index contributed by atoms with van der Waals surface area (Å²) in [4.78, 5) is 14.9. The molecule has 1 heterocycles. The maximum atomic E-state index is 11.0. The number of nitrogens with two attached hydrogens (primary N) is 2. The average molecular weight is 256 g/mol. The summed E-state index contributed by atoms with van der Waals surface area (Å²) in [5.41, 5.74) is 13.3. The van der Waals surface area contributed by atoms with Crippen LogP contribution in [0.2, 0.25) is 0 Å². The summed E-state index contributed by atoms with van der Waals surface area (Å²) in [6, 6.07) is 13.1. The fourth-order valence-corrected chi connectivity index (χ4v) is 1.72. The lowest BCUT2D eigenvalue weighted by Gasteiger charge is -2.14. The Labute approximate surface area is 111 Å². The highest BCUT2D eigenvalue weighted by Crippen LogP contribution is 2.12. The number of hydrogen-bond acceptors (Lipinski definition) is 4. The summed E-state index contributed by atoms with van der Waals surface area (Å²) in [5.74, 6) is -0.545. The molecule has 19 heavy (non-hydrogen) atoms. The second kappa shape index (κ2) is 5.97. The molecule has 0 saturated heterocycles. The van der Waals surface area contributed by atoms with Crippen LogP contribution in [0, 0.1) is 0 Å². The third kappa shape index (κ3) is 3.53. The third-order valence-corrected chi connectivity index (χ3v) is 2.77. The SMILES string of the molecule is NC(=O)c1cc(NCC(N)c2ccccc2)ccn1. The zero-order chi connectivity index (χ0) is 13.7. The molecule has 0 fully saturated rings. The molecule has 0 saturated carbocycles. The van der Waals surface area contributed by atoms with E-state index in [-0.39, 0.29) is 11.7 Å². The minimum absolute atomic E-state index is 0.119. The summed E-state index contributed by atoms with van der Waals surface area (Å²) in [5, 5.41) is 3.17. The van der Waals surface area contributed by atoms with Crippen molar-refractivity contribution in [2.75, 3.05) is 11.9 Å². The van der Waals surface area contributed by atoms with Gasteiger partial charge in [-0.1, -0.05) is 30.3 Å². The number of amides is 1. The molecule has 0 aliphatic carbocycles. The van der Waals surface area contributed by atoms with Gasteiger partial charge in [-0.25, -0.2) is 0 Å². The van der Waals surface area contributed by atoms with Crippen LogP contribution in [0.5, 0.6) is 0 Å². The number of rotatable bonds is 5. The molecule has 1 amide bonds. The predicted molar refractivity (Wildman–Crippen MR) is 74.6 cm³/mol. The van der Waals surface area contributed by atoms with E-state index in [2.05, 4.69) is 10.3 Å². The molecule has 0 aliphatic heterocycles. The van der Waals surface area contributed by atoms with Crippen LogP contribution in [0.15, 0.2) is 48.7 Å².